The second-order valence-corrected chi connectivity index (χ2v) is 5.99. The fourth-order valence-corrected chi connectivity index (χ4v) is 3.04. The van der Waals surface area contributed by atoms with Crippen molar-refractivity contribution in [1.29, 1.82) is 0 Å². The molecule has 0 radical (unpaired) electrons. The van der Waals surface area contributed by atoms with Crippen molar-refractivity contribution in [1.82, 2.24) is 15.4 Å². The van der Waals surface area contributed by atoms with E-state index in [-0.39, 0.29) is 17.9 Å². The van der Waals surface area contributed by atoms with Gasteiger partial charge in [0.25, 0.3) is 5.91 Å². The summed E-state index contributed by atoms with van der Waals surface area (Å²) in [5, 5.41) is 6.98. The third kappa shape index (κ3) is 2.52. The van der Waals surface area contributed by atoms with Crippen molar-refractivity contribution >= 4 is 5.91 Å². The smallest absolute Gasteiger partial charge is 0.273 e. The minimum absolute atomic E-state index is 0.102. The number of fused-ring (bicyclic) bond motifs is 3. The highest BCUT2D eigenvalue weighted by Crippen LogP contribution is 2.27. The number of hydrogen-bond donors (Lipinski definition) is 1. The van der Waals surface area contributed by atoms with E-state index in [0.29, 0.717) is 11.6 Å². The van der Waals surface area contributed by atoms with Gasteiger partial charge in [-0.1, -0.05) is 19.0 Å². The van der Waals surface area contributed by atoms with E-state index in [4.69, 9.17) is 4.52 Å². The second kappa shape index (κ2) is 4.96. The fourth-order valence-electron chi connectivity index (χ4n) is 3.04. The molecule has 3 aliphatic heterocycles. The van der Waals surface area contributed by atoms with Crippen LogP contribution in [0.3, 0.4) is 0 Å². The summed E-state index contributed by atoms with van der Waals surface area (Å²) < 4.78 is 5.18. The Hall–Kier alpha value is -1.36. The van der Waals surface area contributed by atoms with Crippen LogP contribution in [0.2, 0.25) is 0 Å². The van der Waals surface area contributed by atoms with Gasteiger partial charge in [0.1, 0.15) is 5.76 Å². The SMILES string of the molecule is CC(C)c1cc(C(=O)NC2CN3CCC2CC3)no1. The number of piperidine rings is 3. The van der Waals surface area contributed by atoms with Crippen LogP contribution in [0, 0.1) is 5.92 Å². The molecular weight excluding hydrogens is 242 g/mol. The van der Waals surface area contributed by atoms with Gasteiger partial charge in [0.2, 0.25) is 0 Å². The van der Waals surface area contributed by atoms with E-state index in [2.05, 4.69) is 15.4 Å². The lowest BCUT2D eigenvalue weighted by atomic mass is 9.84. The van der Waals surface area contributed by atoms with Crippen LogP contribution in [0.4, 0.5) is 0 Å². The zero-order valence-corrected chi connectivity index (χ0v) is 11.6. The molecule has 0 saturated carbocycles. The Morgan fingerprint density at radius 3 is 2.74 bits per heavy atom. The molecule has 0 aromatic carbocycles. The molecule has 4 rings (SSSR count). The maximum atomic E-state index is 12.2. The van der Waals surface area contributed by atoms with E-state index in [1.807, 2.05) is 13.8 Å². The van der Waals surface area contributed by atoms with Crippen molar-refractivity contribution in [2.45, 2.75) is 38.6 Å². The topological polar surface area (TPSA) is 58.4 Å². The number of carbonyl (C=O) groups is 1. The van der Waals surface area contributed by atoms with Gasteiger partial charge in [0, 0.05) is 24.6 Å². The number of amides is 1. The van der Waals surface area contributed by atoms with Crippen molar-refractivity contribution in [3.05, 3.63) is 17.5 Å². The molecule has 3 fully saturated rings. The van der Waals surface area contributed by atoms with Crippen molar-refractivity contribution in [3.63, 3.8) is 0 Å². The number of carbonyl (C=O) groups excluding carboxylic acids is 1. The lowest BCUT2D eigenvalue weighted by Gasteiger charge is -2.44. The van der Waals surface area contributed by atoms with Crippen LogP contribution >= 0.6 is 0 Å². The lowest BCUT2D eigenvalue weighted by molar-refractivity contribution is 0.0615. The fraction of sp³-hybridized carbons (Fsp3) is 0.714. The molecule has 1 unspecified atom stereocenters. The molecule has 0 spiro atoms. The molecule has 4 heterocycles. The molecule has 2 bridgehead atoms. The number of hydrogen-bond acceptors (Lipinski definition) is 4. The van der Waals surface area contributed by atoms with Crippen LogP contribution in [0.5, 0.6) is 0 Å². The Morgan fingerprint density at radius 1 is 1.47 bits per heavy atom. The highest BCUT2D eigenvalue weighted by atomic mass is 16.5. The second-order valence-electron chi connectivity index (χ2n) is 5.99. The lowest BCUT2D eigenvalue weighted by Crippen LogP contribution is -2.57. The van der Waals surface area contributed by atoms with Crippen molar-refractivity contribution < 1.29 is 9.32 Å². The molecule has 0 aliphatic carbocycles. The number of nitrogens with zero attached hydrogens (tertiary/aromatic N) is 2. The van der Waals surface area contributed by atoms with Crippen LogP contribution in [-0.4, -0.2) is 41.6 Å². The van der Waals surface area contributed by atoms with Gasteiger partial charge < -0.3 is 14.7 Å². The Balaban J connectivity index is 1.64. The van der Waals surface area contributed by atoms with Gasteiger partial charge in [0.15, 0.2) is 5.69 Å². The summed E-state index contributed by atoms with van der Waals surface area (Å²) in [7, 11) is 0. The number of nitrogens with one attached hydrogen (secondary N) is 1. The molecule has 19 heavy (non-hydrogen) atoms. The summed E-state index contributed by atoms with van der Waals surface area (Å²) in [4.78, 5) is 14.6. The third-order valence-electron chi connectivity index (χ3n) is 4.30. The van der Waals surface area contributed by atoms with E-state index in [0.717, 1.165) is 12.3 Å². The molecule has 5 heteroatoms. The van der Waals surface area contributed by atoms with E-state index in [9.17, 15) is 4.79 Å². The van der Waals surface area contributed by atoms with Gasteiger partial charge >= 0.3 is 0 Å². The minimum atomic E-state index is -0.102. The molecule has 104 valence electrons. The predicted octanol–water partition coefficient (Wildman–Crippen LogP) is 1.62. The molecule has 1 amide bonds. The quantitative estimate of drug-likeness (QED) is 0.900. The van der Waals surface area contributed by atoms with E-state index < -0.39 is 0 Å². The van der Waals surface area contributed by atoms with Gasteiger partial charge in [-0.2, -0.15) is 0 Å². The zero-order valence-electron chi connectivity index (χ0n) is 11.6. The van der Waals surface area contributed by atoms with Crippen molar-refractivity contribution in [3.8, 4) is 0 Å². The van der Waals surface area contributed by atoms with Crippen LogP contribution < -0.4 is 5.32 Å². The molecule has 1 atom stereocenters. The summed E-state index contributed by atoms with van der Waals surface area (Å²) in [6.45, 7) is 7.38. The van der Waals surface area contributed by atoms with Crippen molar-refractivity contribution in [2.24, 2.45) is 5.92 Å². The first-order chi connectivity index (χ1) is 9.13. The first-order valence-corrected chi connectivity index (χ1v) is 7.13. The number of rotatable bonds is 3. The molecule has 3 aliphatic rings. The maximum absolute atomic E-state index is 12.2. The van der Waals surface area contributed by atoms with Crippen molar-refractivity contribution in [2.75, 3.05) is 19.6 Å². The summed E-state index contributed by atoms with van der Waals surface area (Å²) in [5.74, 6) is 1.55. The highest BCUT2D eigenvalue weighted by Gasteiger charge is 2.35. The van der Waals surface area contributed by atoms with Crippen LogP contribution in [0.15, 0.2) is 10.6 Å². The average Bonchev–Trinajstić information content (AvgIpc) is 2.90. The summed E-state index contributed by atoms with van der Waals surface area (Å²) in [6.07, 6.45) is 2.39. The zero-order chi connectivity index (χ0) is 13.4. The molecular formula is C14H21N3O2. The predicted molar refractivity (Wildman–Crippen MR) is 71.0 cm³/mol. The van der Waals surface area contributed by atoms with Gasteiger partial charge in [-0.05, 0) is 31.8 Å². The van der Waals surface area contributed by atoms with E-state index >= 15 is 0 Å². The molecule has 3 saturated heterocycles. The standard InChI is InChI=1S/C14H21N3O2/c1-9(2)13-7-11(16-19-13)14(18)15-12-8-17-5-3-10(12)4-6-17/h7,9-10,12H,3-6,8H2,1-2H3,(H,15,18). The van der Waals surface area contributed by atoms with Crippen LogP contribution in [0.1, 0.15) is 48.9 Å². The first kappa shape index (κ1) is 12.7. The monoisotopic (exact) mass is 263 g/mol. The minimum Gasteiger partial charge on any atom is -0.360 e. The Morgan fingerprint density at radius 2 is 2.21 bits per heavy atom. The molecule has 1 N–H and O–H groups in total. The van der Waals surface area contributed by atoms with Crippen LogP contribution in [0.25, 0.3) is 0 Å². The Bertz CT molecular complexity index is 461. The summed E-state index contributed by atoms with van der Waals surface area (Å²) in [5.41, 5.74) is 0.403. The Kier molecular flexibility index (Phi) is 3.31. The first-order valence-electron chi connectivity index (χ1n) is 7.13. The van der Waals surface area contributed by atoms with E-state index in [1.165, 1.54) is 25.9 Å². The normalized spacial score (nSPS) is 29.7. The third-order valence-corrected chi connectivity index (χ3v) is 4.30. The van der Waals surface area contributed by atoms with Gasteiger partial charge in [-0.3, -0.25) is 4.79 Å². The van der Waals surface area contributed by atoms with E-state index in [1.54, 1.807) is 6.07 Å². The molecule has 5 nitrogen and oxygen atoms in total. The molecule has 1 aromatic rings. The number of aromatic nitrogens is 1. The largest absolute Gasteiger partial charge is 0.360 e. The highest BCUT2D eigenvalue weighted by molar-refractivity contribution is 5.92. The summed E-state index contributed by atoms with van der Waals surface area (Å²) in [6, 6.07) is 2.02. The van der Waals surface area contributed by atoms with Crippen LogP contribution in [-0.2, 0) is 0 Å². The van der Waals surface area contributed by atoms with Gasteiger partial charge in [-0.15, -0.1) is 0 Å². The Labute approximate surface area is 113 Å². The maximum Gasteiger partial charge on any atom is 0.273 e. The van der Waals surface area contributed by atoms with Gasteiger partial charge in [0.05, 0.1) is 0 Å². The van der Waals surface area contributed by atoms with Gasteiger partial charge in [-0.25, -0.2) is 0 Å². The summed E-state index contributed by atoms with van der Waals surface area (Å²) >= 11 is 0. The average molecular weight is 263 g/mol. The molecule has 1 aromatic heterocycles.